The first-order valence-corrected chi connectivity index (χ1v) is 10.1. The van der Waals surface area contributed by atoms with E-state index in [2.05, 4.69) is 20.3 Å². The van der Waals surface area contributed by atoms with E-state index >= 15 is 0 Å². The van der Waals surface area contributed by atoms with Crippen molar-refractivity contribution in [3.05, 3.63) is 42.5 Å². The zero-order valence-corrected chi connectivity index (χ0v) is 16.8. The van der Waals surface area contributed by atoms with Gasteiger partial charge in [-0.2, -0.15) is 0 Å². The second-order valence-corrected chi connectivity index (χ2v) is 7.90. The van der Waals surface area contributed by atoms with Gasteiger partial charge in [-0.1, -0.05) is 18.2 Å². The monoisotopic (exact) mass is 428 g/mol. The van der Waals surface area contributed by atoms with E-state index in [1.165, 1.54) is 17.2 Å². The summed E-state index contributed by atoms with van der Waals surface area (Å²) in [5.41, 5.74) is 7.58. The van der Waals surface area contributed by atoms with Crippen LogP contribution in [-0.4, -0.2) is 71.9 Å². The molecule has 11 heteroatoms. The van der Waals surface area contributed by atoms with Gasteiger partial charge in [-0.15, -0.1) is 0 Å². The molecule has 11 nitrogen and oxygen atoms in total. The maximum Gasteiger partial charge on any atom is 0.234 e. The van der Waals surface area contributed by atoms with Gasteiger partial charge in [-0.3, -0.25) is 9.88 Å². The number of rotatable bonds is 4. The van der Waals surface area contributed by atoms with Gasteiger partial charge in [0.25, 0.3) is 0 Å². The highest BCUT2D eigenvalue weighted by atomic mass is 16.6. The van der Waals surface area contributed by atoms with Crippen molar-refractivity contribution in [2.45, 2.75) is 49.7 Å². The molecule has 1 aromatic carbocycles. The fourth-order valence-corrected chi connectivity index (χ4v) is 4.34. The topological polar surface area (TPSA) is 161 Å². The van der Waals surface area contributed by atoms with Crippen LogP contribution in [0.4, 0.5) is 5.82 Å². The molecule has 2 aliphatic rings. The van der Waals surface area contributed by atoms with Gasteiger partial charge in [0.05, 0.1) is 12.6 Å². The fourth-order valence-electron chi connectivity index (χ4n) is 4.34. The van der Waals surface area contributed by atoms with E-state index in [-0.39, 0.29) is 18.0 Å². The van der Waals surface area contributed by atoms with Crippen LogP contribution >= 0.6 is 0 Å². The predicted octanol–water partition coefficient (Wildman–Crippen LogP) is -0.886. The van der Waals surface area contributed by atoms with Crippen LogP contribution in [0.5, 0.6) is 5.75 Å². The van der Waals surface area contributed by atoms with E-state index in [4.69, 9.17) is 15.2 Å². The summed E-state index contributed by atoms with van der Waals surface area (Å²) in [7, 11) is 0. The van der Waals surface area contributed by atoms with Crippen LogP contribution in [0, 0.1) is 0 Å². The fraction of sp³-hybridized carbons (Fsp3) is 0.450. The van der Waals surface area contributed by atoms with Crippen LogP contribution in [-0.2, 0) is 17.0 Å². The summed E-state index contributed by atoms with van der Waals surface area (Å²) in [6.07, 6.45) is -0.787. The number of hydrogen-bond acceptors (Lipinski definition) is 10. The van der Waals surface area contributed by atoms with Gasteiger partial charge in [0.1, 0.15) is 48.3 Å². The highest BCUT2D eigenvalue weighted by Crippen LogP contribution is 2.38. The van der Waals surface area contributed by atoms with Crippen LogP contribution in [0.25, 0.3) is 11.2 Å². The molecule has 0 unspecified atom stereocenters. The third kappa shape index (κ3) is 3.05. The van der Waals surface area contributed by atoms with Crippen LogP contribution in [0.2, 0.25) is 0 Å². The van der Waals surface area contributed by atoms with E-state index in [0.717, 1.165) is 11.3 Å². The summed E-state index contributed by atoms with van der Waals surface area (Å²) in [4.78, 5) is 12.5. The average molecular weight is 428 g/mol. The molecule has 0 saturated carbocycles. The van der Waals surface area contributed by atoms with Crippen molar-refractivity contribution in [1.29, 1.82) is 0 Å². The third-order valence-corrected chi connectivity index (χ3v) is 6.02. The number of imidazole rings is 1. The van der Waals surface area contributed by atoms with Crippen molar-refractivity contribution in [3.8, 4) is 5.75 Å². The Kier molecular flexibility index (Phi) is 4.79. The first-order valence-electron chi connectivity index (χ1n) is 10.1. The minimum Gasteiger partial charge on any atom is -0.489 e. The second-order valence-electron chi connectivity index (χ2n) is 7.90. The van der Waals surface area contributed by atoms with Crippen LogP contribution in [0.15, 0.2) is 36.9 Å². The lowest BCUT2D eigenvalue weighted by molar-refractivity contribution is -0.178. The van der Waals surface area contributed by atoms with Crippen molar-refractivity contribution in [3.63, 3.8) is 0 Å². The number of para-hydroxylation sites is 1. The molecule has 2 aromatic heterocycles. The van der Waals surface area contributed by atoms with Gasteiger partial charge >= 0.3 is 0 Å². The molecule has 1 saturated heterocycles. The molecular weight excluding hydrogens is 404 g/mol. The van der Waals surface area contributed by atoms with Crippen LogP contribution in [0.3, 0.4) is 0 Å². The van der Waals surface area contributed by atoms with Crippen molar-refractivity contribution >= 4 is 17.0 Å². The van der Waals surface area contributed by atoms with E-state index < -0.39 is 30.8 Å². The number of nitrogens with one attached hydrogen (secondary N) is 1. The Hall–Kier alpha value is -2.83. The Balaban J connectivity index is 1.60. The maximum atomic E-state index is 11.1. The van der Waals surface area contributed by atoms with Gasteiger partial charge < -0.3 is 30.5 Å². The molecule has 0 amide bonds. The number of benzene rings is 1. The summed E-state index contributed by atoms with van der Waals surface area (Å²) in [6.45, 7) is 1.43. The summed E-state index contributed by atoms with van der Waals surface area (Å²) < 4.78 is 13.6. The average Bonchev–Trinajstić information content (AvgIpc) is 3.31. The molecule has 0 bridgehead atoms. The number of ether oxygens (including phenoxy) is 2. The first kappa shape index (κ1) is 20.1. The molecular formula is C20H24N6O5. The molecule has 6 atom stereocenters. The molecule has 3 aromatic rings. The third-order valence-electron chi connectivity index (χ3n) is 6.02. The maximum absolute atomic E-state index is 11.1. The summed E-state index contributed by atoms with van der Waals surface area (Å²) in [5, 5.41) is 34.7. The number of aliphatic hydroxyl groups excluding tert-OH is 3. The van der Waals surface area contributed by atoms with E-state index in [0.29, 0.717) is 17.6 Å². The van der Waals surface area contributed by atoms with E-state index in [1.807, 2.05) is 31.2 Å². The minimum absolute atomic E-state index is 0.175. The van der Waals surface area contributed by atoms with E-state index in [9.17, 15) is 15.3 Å². The molecule has 4 heterocycles. The normalized spacial score (nSPS) is 32.7. The van der Waals surface area contributed by atoms with Gasteiger partial charge in [0, 0.05) is 0 Å². The molecule has 0 aliphatic carbocycles. The van der Waals surface area contributed by atoms with Crippen molar-refractivity contribution in [1.82, 2.24) is 24.8 Å². The first-order chi connectivity index (χ1) is 14.9. The Morgan fingerprint density at radius 1 is 1.26 bits per heavy atom. The molecule has 164 valence electrons. The molecule has 2 aliphatic heterocycles. The predicted molar refractivity (Wildman–Crippen MR) is 109 cm³/mol. The van der Waals surface area contributed by atoms with E-state index in [1.54, 1.807) is 0 Å². The Morgan fingerprint density at radius 2 is 2.06 bits per heavy atom. The Bertz CT molecular complexity index is 1110. The van der Waals surface area contributed by atoms with Crippen molar-refractivity contribution in [2.75, 3.05) is 12.3 Å². The molecule has 1 fully saturated rings. The lowest BCUT2D eigenvalue weighted by Gasteiger charge is -2.41. The number of aliphatic hydroxyl groups is 3. The Labute approximate surface area is 177 Å². The smallest absolute Gasteiger partial charge is 0.234 e. The SMILES string of the molecule is C[C@@H]1Oc2ccccc2C[C@@H]1N[C@@]1(n2cnc3c(N)ncnc32)O[C@H](CO)[C@@H](O)[C@H]1O. The van der Waals surface area contributed by atoms with Crippen molar-refractivity contribution < 1.29 is 24.8 Å². The van der Waals surface area contributed by atoms with Gasteiger partial charge in [-0.25, -0.2) is 15.0 Å². The highest BCUT2D eigenvalue weighted by Gasteiger charge is 2.57. The lowest BCUT2D eigenvalue weighted by Crippen LogP contribution is -2.62. The molecule has 0 spiro atoms. The van der Waals surface area contributed by atoms with Gasteiger partial charge in [-0.05, 0) is 25.0 Å². The van der Waals surface area contributed by atoms with Crippen LogP contribution in [0.1, 0.15) is 12.5 Å². The molecule has 6 N–H and O–H groups in total. The summed E-state index contributed by atoms with van der Waals surface area (Å²) >= 11 is 0. The van der Waals surface area contributed by atoms with Crippen molar-refractivity contribution in [2.24, 2.45) is 0 Å². The molecule has 0 radical (unpaired) electrons. The zero-order chi connectivity index (χ0) is 21.8. The number of aromatic nitrogens is 4. The number of nitrogens with two attached hydrogens (primary N) is 1. The quantitative estimate of drug-likeness (QED) is 0.353. The number of fused-ring (bicyclic) bond motifs is 2. The van der Waals surface area contributed by atoms with Gasteiger partial charge in [0.2, 0.25) is 5.85 Å². The van der Waals surface area contributed by atoms with Gasteiger partial charge in [0.15, 0.2) is 11.5 Å². The molecule has 31 heavy (non-hydrogen) atoms. The van der Waals surface area contributed by atoms with Crippen LogP contribution < -0.4 is 15.8 Å². The number of hydrogen-bond donors (Lipinski definition) is 5. The summed E-state index contributed by atoms with van der Waals surface area (Å²) in [6, 6.07) is 7.42. The minimum atomic E-state index is -1.67. The Morgan fingerprint density at radius 3 is 2.84 bits per heavy atom. The largest absolute Gasteiger partial charge is 0.489 e. The number of nitrogens with zero attached hydrogens (tertiary/aromatic N) is 4. The second kappa shape index (κ2) is 7.39. The summed E-state index contributed by atoms with van der Waals surface area (Å²) in [5.74, 6) is -0.692. The molecule has 5 rings (SSSR count). The standard InChI is InChI=1S/C20H24N6O5/c1-10-12(6-11-4-2-3-5-13(11)30-10)25-20(17(29)16(28)14(7-27)31-20)26-9-24-15-18(21)22-8-23-19(15)26/h2-5,8-10,12,14,16-17,25,27-29H,6-7H2,1H3,(H2,21,22,23)/t10-,12-,14+,16+,17+,20-/m0/s1. The number of nitrogen functional groups attached to an aromatic ring is 1. The number of anilines is 1. The lowest BCUT2D eigenvalue weighted by atomic mass is 9.96. The zero-order valence-electron chi connectivity index (χ0n) is 16.8. The highest BCUT2D eigenvalue weighted by molar-refractivity contribution is 5.81.